The lowest BCUT2D eigenvalue weighted by Crippen LogP contribution is -2.30. The zero-order valence-corrected chi connectivity index (χ0v) is 15.8. The molecule has 1 atom stereocenters. The first-order valence-corrected chi connectivity index (χ1v) is 9.23. The Morgan fingerprint density at radius 2 is 1.96 bits per heavy atom. The van der Waals surface area contributed by atoms with Crippen LogP contribution in [0.15, 0.2) is 41.8 Å². The van der Waals surface area contributed by atoms with E-state index in [0.717, 1.165) is 11.1 Å². The number of likely N-dealkylation sites (N-methyl/N-ethyl adjacent to an activating group) is 1. The molecule has 0 aliphatic heterocycles. The Hall–Kier alpha value is -2.22. The van der Waals surface area contributed by atoms with Crippen LogP contribution in [0.2, 0.25) is 0 Å². The second kappa shape index (κ2) is 10.1. The summed E-state index contributed by atoms with van der Waals surface area (Å²) in [6.45, 7) is 1.76. The number of esters is 1. The fourth-order valence-corrected chi connectivity index (χ4v) is 3.23. The molecule has 0 amide bonds. The maximum atomic E-state index is 12.5. The van der Waals surface area contributed by atoms with Crippen LogP contribution in [0.4, 0.5) is 0 Å². The predicted octanol–water partition coefficient (Wildman–Crippen LogP) is 2.42. The van der Waals surface area contributed by atoms with Crippen LogP contribution in [-0.4, -0.2) is 55.7 Å². The number of nitrogens with zero attached hydrogens (tertiary/aromatic N) is 1. The van der Waals surface area contributed by atoms with Gasteiger partial charge in [0.05, 0.1) is 5.92 Å². The van der Waals surface area contributed by atoms with Gasteiger partial charge in [-0.25, -0.2) is 4.79 Å². The van der Waals surface area contributed by atoms with Crippen molar-refractivity contribution in [3.63, 3.8) is 0 Å². The highest BCUT2D eigenvalue weighted by molar-refractivity contribution is 7.12. The molecule has 0 saturated carbocycles. The van der Waals surface area contributed by atoms with Gasteiger partial charge < -0.3 is 20.1 Å². The van der Waals surface area contributed by atoms with Gasteiger partial charge >= 0.3 is 11.9 Å². The third-order valence-corrected chi connectivity index (χ3v) is 4.82. The number of rotatable bonds is 10. The van der Waals surface area contributed by atoms with E-state index in [0.29, 0.717) is 31.1 Å². The summed E-state index contributed by atoms with van der Waals surface area (Å²) in [6.07, 6.45) is 0. The van der Waals surface area contributed by atoms with E-state index < -0.39 is 11.9 Å². The van der Waals surface area contributed by atoms with Gasteiger partial charge in [-0.15, -0.1) is 11.3 Å². The molecule has 1 aromatic heterocycles. The minimum absolute atomic E-state index is 0.283. The van der Waals surface area contributed by atoms with Gasteiger partial charge in [0.15, 0.2) is 0 Å². The average molecular weight is 376 g/mol. The molecule has 1 unspecified atom stereocenters. The van der Waals surface area contributed by atoms with E-state index in [-0.39, 0.29) is 5.97 Å². The number of carbonyl (C=O) groups is 2. The second-order valence-corrected chi connectivity index (χ2v) is 7.06. The lowest BCUT2D eigenvalue weighted by Gasteiger charge is -2.18. The molecule has 0 spiro atoms. The van der Waals surface area contributed by atoms with Crippen molar-refractivity contribution < 1.29 is 19.4 Å². The van der Waals surface area contributed by atoms with Gasteiger partial charge in [-0.3, -0.25) is 4.79 Å². The van der Waals surface area contributed by atoms with Gasteiger partial charge in [0.1, 0.15) is 11.5 Å². The number of nitrogens with one attached hydrogen (secondary N) is 1. The fraction of sp³-hybridized carbons (Fsp3) is 0.368. The molecule has 1 heterocycles. The van der Waals surface area contributed by atoms with Crippen molar-refractivity contribution in [2.45, 2.75) is 12.5 Å². The Balaban J connectivity index is 1.99. The molecule has 140 valence electrons. The lowest BCUT2D eigenvalue weighted by atomic mass is 9.99. The number of aromatic carboxylic acids is 1. The third-order valence-electron chi connectivity index (χ3n) is 3.87. The van der Waals surface area contributed by atoms with Crippen LogP contribution in [-0.2, 0) is 16.1 Å². The first-order chi connectivity index (χ1) is 12.5. The van der Waals surface area contributed by atoms with Crippen LogP contribution >= 0.6 is 11.3 Å². The van der Waals surface area contributed by atoms with E-state index in [1.165, 1.54) is 11.3 Å². The van der Waals surface area contributed by atoms with Crippen LogP contribution in [0.1, 0.15) is 26.7 Å². The lowest BCUT2D eigenvalue weighted by molar-refractivity contribution is -0.145. The number of carboxylic acid groups (broad SMARTS) is 1. The molecular weight excluding hydrogens is 352 g/mol. The Morgan fingerprint density at radius 1 is 1.23 bits per heavy atom. The van der Waals surface area contributed by atoms with Crippen LogP contribution in [0, 0.1) is 0 Å². The van der Waals surface area contributed by atoms with Gasteiger partial charge in [0.25, 0.3) is 0 Å². The molecule has 2 rings (SSSR count). The van der Waals surface area contributed by atoms with Crippen molar-refractivity contribution in [2.24, 2.45) is 0 Å². The maximum Gasteiger partial charge on any atom is 0.346 e. The Bertz CT molecular complexity index is 715. The molecule has 0 fully saturated rings. The summed E-state index contributed by atoms with van der Waals surface area (Å²) in [7, 11) is 3.84. The van der Waals surface area contributed by atoms with Gasteiger partial charge in [0.2, 0.25) is 0 Å². The van der Waals surface area contributed by atoms with E-state index in [1.54, 1.807) is 11.4 Å². The highest BCUT2D eigenvalue weighted by atomic mass is 32.1. The highest BCUT2D eigenvalue weighted by Gasteiger charge is 2.22. The van der Waals surface area contributed by atoms with E-state index in [1.807, 2.05) is 49.3 Å². The minimum Gasteiger partial charge on any atom is -0.477 e. The van der Waals surface area contributed by atoms with Crippen molar-refractivity contribution >= 4 is 23.3 Å². The molecule has 2 N–H and O–H groups in total. The Kier molecular flexibility index (Phi) is 7.77. The van der Waals surface area contributed by atoms with Gasteiger partial charge in [0, 0.05) is 19.6 Å². The molecule has 7 heteroatoms. The molecule has 0 aliphatic carbocycles. The largest absolute Gasteiger partial charge is 0.477 e. The summed E-state index contributed by atoms with van der Waals surface area (Å²) in [4.78, 5) is 26.0. The molecule has 1 aromatic carbocycles. The number of carbonyl (C=O) groups excluding carboxylic acids is 1. The molecule has 0 bridgehead atoms. The summed E-state index contributed by atoms with van der Waals surface area (Å²) in [5.74, 6) is -1.65. The fourth-order valence-electron chi connectivity index (χ4n) is 2.47. The smallest absolute Gasteiger partial charge is 0.346 e. The molecule has 0 saturated heterocycles. The highest BCUT2D eigenvalue weighted by Crippen LogP contribution is 2.19. The SMILES string of the molecule is CN(C)CCOC(=O)C(CNCc1ccsc1C(=O)O)c1ccccc1. The first-order valence-electron chi connectivity index (χ1n) is 8.35. The van der Waals surface area contributed by atoms with E-state index >= 15 is 0 Å². The van der Waals surface area contributed by atoms with Gasteiger partial charge in [-0.05, 0) is 36.7 Å². The zero-order valence-electron chi connectivity index (χ0n) is 15.0. The van der Waals surface area contributed by atoms with Crippen molar-refractivity contribution in [3.05, 3.63) is 57.8 Å². The van der Waals surface area contributed by atoms with E-state index in [9.17, 15) is 14.7 Å². The van der Waals surface area contributed by atoms with Crippen molar-refractivity contribution in [1.82, 2.24) is 10.2 Å². The zero-order chi connectivity index (χ0) is 18.9. The van der Waals surface area contributed by atoms with E-state index in [2.05, 4.69) is 5.32 Å². The number of benzene rings is 1. The number of hydrogen-bond donors (Lipinski definition) is 2. The maximum absolute atomic E-state index is 12.5. The van der Waals surface area contributed by atoms with Crippen LogP contribution in [0.3, 0.4) is 0 Å². The van der Waals surface area contributed by atoms with E-state index in [4.69, 9.17) is 4.74 Å². The summed E-state index contributed by atoms with van der Waals surface area (Å²) >= 11 is 1.20. The van der Waals surface area contributed by atoms with Crippen LogP contribution in [0.25, 0.3) is 0 Å². The minimum atomic E-state index is -0.931. The molecule has 0 radical (unpaired) electrons. The standard InChI is InChI=1S/C19H24N2O4S/c1-21(2)9-10-25-19(24)16(14-6-4-3-5-7-14)13-20-12-15-8-11-26-17(15)18(22)23/h3-8,11,16,20H,9-10,12-13H2,1-2H3,(H,22,23). The quantitative estimate of drug-likeness (QED) is 0.620. The number of hydrogen-bond acceptors (Lipinski definition) is 6. The number of carboxylic acids is 1. The summed E-state index contributed by atoms with van der Waals surface area (Å²) in [6, 6.07) is 11.2. The Morgan fingerprint density at radius 3 is 2.62 bits per heavy atom. The van der Waals surface area contributed by atoms with Gasteiger partial charge in [-0.1, -0.05) is 30.3 Å². The first kappa shape index (κ1) is 20.1. The average Bonchev–Trinajstić information content (AvgIpc) is 3.08. The number of thiophene rings is 1. The second-order valence-electron chi connectivity index (χ2n) is 6.15. The molecule has 0 aliphatic rings. The molecule has 2 aromatic rings. The normalized spacial score (nSPS) is 12.1. The summed E-state index contributed by atoms with van der Waals surface area (Å²) in [5, 5.41) is 14.1. The monoisotopic (exact) mass is 376 g/mol. The Labute approximate surface area is 157 Å². The molecular formula is C19H24N2O4S. The van der Waals surface area contributed by atoms with Crippen molar-refractivity contribution in [3.8, 4) is 0 Å². The number of ether oxygens (including phenoxy) is 1. The third kappa shape index (κ3) is 5.94. The molecule has 26 heavy (non-hydrogen) atoms. The van der Waals surface area contributed by atoms with Gasteiger partial charge in [-0.2, -0.15) is 0 Å². The van der Waals surface area contributed by atoms with Crippen LogP contribution in [0.5, 0.6) is 0 Å². The topological polar surface area (TPSA) is 78.9 Å². The van der Waals surface area contributed by atoms with Crippen molar-refractivity contribution in [1.29, 1.82) is 0 Å². The predicted molar refractivity (Wildman–Crippen MR) is 102 cm³/mol. The van der Waals surface area contributed by atoms with Crippen molar-refractivity contribution in [2.75, 3.05) is 33.8 Å². The summed E-state index contributed by atoms with van der Waals surface area (Å²) < 4.78 is 5.41. The molecule has 6 nitrogen and oxygen atoms in total. The van der Waals surface area contributed by atoms with Crippen LogP contribution < -0.4 is 5.32 Å². The summed E-state index contributed by atoms with van der Waals surface area (Å²) in [5.41, 5.74) is 1.59.